The van der Waals surface area contributed by atoms with E-state index in [0.29, 0.717) is 23.7 Å². The molecule has 1 fully saturated rings. The highest BCUT2D eigenvalue weighted by Crippen LogP contribution is 2.22. The molecule has 1 aromatic rings. The van der Waals surface area contributed by atoms with Crippen molar-refractivity contribution in [2.24, 2.45) is 11.8 Å². The second-order valence-electron chi connectivity index (χ2n) is 4.64. The van der Waals surface area contributed by atoms with E-state index in [1.807, 2.05) is 0 Å². The van der Waals surface area contributed by atoms with Gasteiger partial charge in [0.15, 0.2) is 0 Å². The zero-order valence-corrected chi connectivity index (χ0v) is 11.1. The van der Waals surface area contributed by atoms with Gasteiger partial charge in [0.25, 0.3) is 5.91 Å². The van der Waals surface area contributed by atoms with Crippen molar-refractivity contribution < 1.29 is 9.53 Å². The van der Waals surface area contributed by atoms with Crippen LogP contribution >= 0.6 is 0 Å². The number of nitrogen functional groups attached to an aromatic ring is 1. The summed E-state index contributed by atoms with van der Waals surface area (Å²) in [5.74, 6) is 5.60. The molecule has 1 aliphatic rings. The number of anilines is 1. The largest absolute Gasteiger partial charge is 0.378 e. The third kappa shape index (κ3) is 3.21. The van der Waals surface area contributed by atoms with Crippen molar-refractivity contribution in [3.8, 4) is 0 Å². The Morgan fingerprint density at radius 2 is 2.47 bits per heavy atom. The zero-order chi connectivity index (χ0) is 13.7. The number of rotatable bonds is 5. The van der Waals surface area contributed by atoms with Gasteiger partial charge in [0.2, 0.25) is 0 Å². The van der Waals surface area contributed by atoms with Gasteiger partial charge in [-0.15, -0.1) is 0 Å². The summed E-state index contributed by atoms with van der Waals surface area (Å²) in [4.78, 5) is 16.0. The third-order valence-corrected chi connectivity index (χ3v) is 3.49. The van der Waals surface area contributed by atoms with Gasteiger partial charge in [-0.05, 0) is 18.9 Å². The van der Waals surface area contributed by atoms with E-state index < -0.39 is 0 Å². The first-order chi connectivity index (χ1) is 9.26. The fourth-order valence-corrected chi connectivity index (χ4v) is 2.40. The molecule has 104 valence electrons. The summed E-state index contributed by atoms with van der Waals surface area (Å²) in [7, 11) is 0. The molecule has 1 saturated heterocycles. The summed E-state index contributed by atoms with van der Waals surface area (Å²) in [6, 6.07) is 1.67. The lowest BCUT2D eigenvalue weighted by molar-refractivity contribution is 0.0827. The van der Waals surface area contributed by atoms with E-state index in [1.165, 1.54) is 6.20 Å². The summed E-state index contributed by atoms with van der Waals surface area (Å²) in [5, 5.41) is 2.93. The number of pyridine rings is 1. The van der Waals surface area contributed by atoms with Crippen LogP contribution in [0.1, 0.15) is 30.1 Å². The Balaban J connectivity index is 1.94. The van der Waals surface area contributed by atoms with Crippen LogP contribution < -0.4 is 16.6 Å². The fraction of sp³-hybridized carbons (Fsp3) is 0.538. The molecule has 0 radical (unpaired) electrons. The molecule has 1 aliphatic heterocycles. The highest BCUT2D eigenvalue weighted by Gasteiger charge is 2.27. The van der Waals surface area contributed by atoms with Gasteiger partial charge in [-0.25, -0.2) is 0 Å². The first-order valence-corrected chi connectivity index (χ1v) is 6.56. The number of nitrogens with zero attached hydrogens (tertiary/aromatic N) is 1. The molecular formula is C13H20N4O2. The van der Waals surface area contributed by atoms with Crippen molar-refractivity contribution in [1.82, 2.24) is 10.3 Å². The molecule has 2 rings (SSSR count). The van der Waals surface area contributed by atoms with E-state index in [4.69, 9.17) is 10.6 Å². The third-order valence-electron chi connectivity index (χ3n) is 3.49. The van der Waals surface area contributed by atoms with Crippen LogP contribution in [0.15, 0.2) is 18.5 Å². The normalized spacial score (nSPS) is 22.2. The molecule has 1 amide bonds. The summed E-state index contributed by atoms with van der Waals surface area (Å²) >= 11 is 0. The molecule has 2 unspecified atom stereocenters. The van der Waals surface area contributed by atoms with E-state index in [0.717, 1.165) is 19.4 Å². The predicted octanol–water partition coefficient (Wildman–Crippen LogP) is 0.912. The quantitative estimate of drug-likeness (QED) is 0.543. The highest BCUT2D eigenvalue weighted by atomic mass is 16.5. The zero-order valence-electron chi connectivity index (χ0n) is 11.1. The number of hydrazine groups is 1. The molecule has 6 nitrogen and oxygen atoms in total. The molecule has 0 spiro atoms. The molecule has 0 bridgehead atoms. The lowest BCUT2D eigenvalue weighted by Crippen LogP contribution is -2.33. The maximum Gasteiger partial charge on any atom is 0.255 e. The molecule has 19 heavy (non-hydrogen) atoms. The Morgan fingerprint density at radius 1 is 1.63 bits per heavy atom. The van der Waals surface area contributed by atoms with Crippen molar-refractivity contribution in [2.45, 2.75) is 25.9 Å². The van der Waals surface area contributed by atoms with Crippen molar-refractivity contribution >= 4 is 11.6 Å². The van der Waals surface area contributed by atoms with Gasteiger partial charge in [-0.2, -0.15) is 0 Å². The highest BCUT2D eigenvalue weighted by molar-refractivity contribution is 5.99. The Kier molecular flexibility index (Phi) is 4.70. The van der Waals surface area contributed by atoms with Crippen LogP contribution in [0.4, 0.5) is 5.69 Å². The molecule has 1 aromatic heterocycles. The Morgan fingerprint density at radius 3 is 3.21 bits per heavy atom. The number of carbonyl (C=O) groups is 1. The molecule has 2 atom stereocenters. The lowest BCUT2D eigenvalue weighted by Gasteiger charge is -2.17. The van der Waals surface area contributed by atoms with E-state index in [2.05, 4.69) is 22.7 Å². The number of hydrogen-bond acceptors (Lipinski definition) is 5. The SMILES string of the molecule is CCC1OCCC1CNC(=O)c1cnccc1NN. The lowest BCUT2D eigenvalue weighted by atomic mass is 9.99. The molecule has 0 aliphatic carbocycles. The monoisotopic (exact) mass is 264 g/mol. The number of aromatic nitrogens is 1. The van der Waals surface area contributed by atoms with Crippen LogP contribution in [0.3, 0.4) is 0 Å². The minimum absolute atomic E-state index is 0.164. The summed E-state index contributed by atoms with van der Waals surface area (Å²) in [5.41, 5.74) is 3.53. The first kappa shape index (κ1) is 13.8. The van der Waals surface area contributed by atoms with E-state index in [1.54, 1.807) is 12.3 Å². The Labute approximate surface area is 112 Å². The maximum absolute atomic E-state index is 12.1. The number of carbonyl (C=O) groups excluding carboxylic acids is 1. The van der Waals surface area contributed by atoms with Crippen molar-refractivity contribution in [3.63, 3.8) is 0 Å². The predicted molar refractivity (Wildman–Crippen MR) is 72.5 cm³/mol. The van der Waals surface area contributed by atoms with Crippen LogP contribution in [0, 0.1) is 5.92 Å². The van der Waals surface area contributed by atoms with Crippen molar-refractivity contribution in [3.05, 3.63) is 24.0 Å². The van der Waals surface area contributed by atoms with Gasteiger partial charge in [-0.1, -0.05) is 6.92 Å². The molecule has 2 heterocycles. The van der Waals surface area contributed by atoms with Gasteiger partial charge in [0, 0.05) is 31.5 Å². The molecular weight excluding hydrogens is 244 g/mol. The first-order valence-electron chi connectivity index (χ1n) is 6.56. The average Bonchev–Trinajstić information content (AvgIpc) is 2.92. The van der Waals surface area contributed by atoms with E-state index in [-0.39, 0.29) is 12.0 Å². The van der Waals surface area contributed by atoms with Gasteiger partial charge >= 0.3 is 0 Å². The number of nitrogens with one attached hydrogen (secondary N) is 2. The van der Waals surface area contributed by atoms with Crippen LogP contribution in [0.5, 0.6) is 0 Å². The number of ether oxygens (including phenoxy) is 1. The maximum atomic E-state index is 12.1. The van der Waals surface area contributed by atoms with Gasteiger partial charge in [0.1, 0.15) is 0 Å². The second-order valence-corrected chi connectivity index (χ2v) is 4.64. The molecule has 0 saturated carbocycles. The van der Waals surface area contributed by atoms with E-state index in [9.17, 15) is 4.79 Å². The fourth-order valence-electron chi connectivity index (χ4n) is 2.40. The minimum atomic E-state index is -0.164. The van der Waals surface area contributed by atoms with Gasteiger partial charge in [-0.3, -0.25) is 15.6 Å². The molecule has 6 heteroatoms. The van der Waals surface area contributed by atoms with Crippen molar-refractivity contribution in [1.29, 1.82) is 0 Å². The summed E-state index contributed by atoms with van der Waals surface area (Å²) in [6.07, 6.45) is 5.31. The van der Waals surface area contributed by atoms with Crippen LogP contribution in [0.2, 0.25) is 0 Å². The smallest absolute Gasteiger partial charge is 0.255 e. The molecule has 0 aromatic carbocycles. The summed E-state index contributed by atoms with van der Waals surface area (Å²) < 4.78 is 5.60. The Bertz CT molecular complexity index is 438. The van der Waals surface area contributed by atoms with Crippen LogP contribution in [-0.4, -0.2) is 30.1 Å². The number of nitrogens with two attached hydrogens (primary N) is 1. The minimum Gasteiger partial charge on any atom is -0.378 e. The van der Waals surface area contributed by atoms with Gasteiger partial charge < -0.3 is 15.5 Å². The van der Waals surface area contributed by atoms with Gasteiger partial charge in [0.05, 0.1) is 17.4 Å². The van der Waals surface area contributed by atoms with E-state index >= 15 is 0 Å². The number of hydrogen-bond donors (Lipinski definition) is 3. The standard InChI is InChI=1S/C13H20N4O2/c1-2-12-9(4-6-19-12)7-16-13(18)10-8-15-5-3-11(10)17-14/h3,5,8-9,12H,2,4,6-7,14H2,1H3,(H,15,17)(H,16,18). The van der Waals surface area contributed by atoms with Crippen LogP contribution in [-0.2, 0) is 4.74 Å². The Hall–Kier alpha value is -1.66. The topological polar surface area (TPSA) is 89.3 Å². The molecule has 4 N–H and O–H groups in total. The van der Waals surface area contributed by atoms with Crippen molar-refractivity contribution in [2.75, 3.05) is 18.6 Å². The van der Waals surface area contributed by atoms with Crippen LogP contribution in [0.25, 0.3) is 0 Å². The summed E-state index contributed by atoms with van der Waals surface area (Å²) in [6.45, 7) is 3.50. The number of amides is 1. The average molecular weight is 264 g/mol. The second kappa shape index (κ2) is 6.49.